The van der Waals surface area contributed by atoms with Gasteiger partial charge in [0.1, 0.15) is 17.8 Å². The standard InChI is InChI=1S/C19H20F3N5O3/c1-26(9-18(28)23-6-12-2-3-14-15(4-12)30-11-29-14)13-7-27(8-13)17-5-16(19(20,21)22)24-10-25-17/h2-5,10,13H,6-9,11H2,1H3,(H,23,28). The molecule has 11 heteroatoms. The van der Waals surface area contributed by atoms with Crippen LogP contribution in [0.15, 0.2) is 30.6 Å². The molecule has 8 nitrogen and oxygen atoms in total. The van der Waals surface area contributed by atoms with E-state index in [2.05, 4.69) is 15.3 Å². The number of anilines is 1. The highest BCUT2D eigenvalue weighted by atomic mass is 19.4. The molecule has 0 bridgehead atoms. The van der Waals surface area contributed by atoms with Crippen LogP contribution in [0.1, 0.15) is 11.3 Å². The summed E-state index contributed by atoms with van der Waals surface area (Å²) in [6.45, 7) is 1.71. The van der Waals surface area contributed by atoms with E-state index in [1.165, 1.54) is 0 Å². The van der Waals surface area contributed by atoms with E-state index in [4.69, 9.17) is 9.47 Å². The third-order valence-electron chi connectivity index (χ3n) is 5.07. The Hall–Kier alpha value is -3.08. The number of ether oxygens (including phenoxy) is 2. The number of likely N-dealkylation sites (N-methyl/N-ethyl adjacent to an activating group) is 1. The Morgan fingerprint density at radius 2 is 2.00 bits per heavy atom. The molecule has 1 aromatic heterocycles. The largest absolute Gasteiger partial charge is 0.454 e. The normalized spacial score (nSPS) is 16.0. The number of halogens is 3. The summed E-state index contributed by atoms with van der Waals surface area (Å²) in [6, 6.07) is 6.47. The smallest absolute Gasteiger partial charge is 0.433 e. The molecule has 0 saturated carbocycles. The molecule has 160 valence electrons. The lowest BCUT2D eigenvalue weighted by molar-refractivity contribution is -0.141. The van der Waals surface area contributed by atoms with Crippen molar-refractivity contribution >= 4 is 11.7 Å². The van der Waals surface area contributed by atoms with Crippen molar-refractivity contribution in [2.45, 2.75) is 18.8 Å². The lowest BCUT2D eigenvalue weighted by atomic mass is 10.1. The Bertz CT molecular complexity index is 934. The fraction of sp³-hybridized carbons (Fsp3) is 0.421. The minimum atomic E-state index is -4.51. The highest BCUT2D eigenvalue weighted by molar-refractivity contribution is 5.78. The van der Waals surface area contributed by atoms with Gasteiger partial charge in [0.15, 0.2) is 11.5 Å². The van der Waals surface area contributed by atoms with Crippen molar-refractivity contribution in [3.63, 3.8) is 0 Å². The molecule has 4 rings (SSSR count). The van der Waals surface area contributed by atoms with Crippen LogP contribution in [0.25, 0.3) is 0 Å². The molecule has 0 spiro atoms. The summed E-state index contributed by atoms with van der Waals surface area (Å²) in [6.07, 6.45) is -3.59. The van der Waals surface area contributed by atoms with Crippen LogP contribution < -0.4 is 19.7 Å². The zero-order chi connectivity index (χ0) is 21.3. The summed E-state index contributed by atoms with van der Waals surface area (Å²) in [5.74, 6) is 1.43. The first-order chi connectivity index (χ1) is 14.3. The summed E-state index contributed by atoms with van der Waals surface area (Å²) in [5, 5.41) is 2.85. The first-order valence-electron chi connectivity index (χ1n) is 9.29. The summed E-state index contributed by atoms with van der Waals surface area (Å²) in [4.78, 5) is 23.0. The van der Waals surface area contributed by atoms with E-state index in [1.807, 2.05) is 24.1 Å². The van der Waals surface area contributed by atoms with Gasteiger partial charge in [0.2, 0.25) is 12.7 Å². The number of amides is 1. The van der Waals surface area contributed by atoms with E-state index in [0.29, 0.717) is 31.1 Å². The molecule has 0 atom stereocenters. The van der Waals surface area contributed by atoms with Crippen LogP contribution >= 0.6 is 0 Å². The molecule has 30 heavy (non-hydrogen) atoms. The van der Waals surface area contributed by atoms with Gasteiger partial charge in [0, 0.05) is 31.7 Å². The SMILES string of the molecule is CN(CC(=O)NCc1ccc2c(c1)OCO2)C1CN(c2cc(C(F)(F)F)ncn2)C1. The van der Waals surface area contributed by atoms with E-state index < -0.39 is 11.9 Å². The number of carbonyl (C=O) groups excluding carboxylic acids is 1. The lowest BCUT2D eigenvalue weighted by Gasteiger charge is -2.44. The number of nitrogens with one attached hydrogen (secondary N) is 1. The summed E-state index contributed by atoms with van der Waals surface area (Å²) in [5.41, 5.74) is -0.0681. The van der Waals surface area contributed by atoms with Crippen LogP contribution in [-0.4, -0.2) is 60.3 Å². The second-order valence-corrected chi connectivity index (χ2v) is 7.20. The Morgan fingerprint density at radius 3 is 2.77 bits per heavy atom. The van der Waals surface area contributed by atoms with E-state index in [9.17, 15) is 18.0 Å². The van der Waals surface area contributed by atoms with Gasteiger partial charge < -0.3 is 19.7 Å². The molecule has 1 aromatic carbocycles. The number of rotatable bonds is 6. The van der Waals surface area contributed by atoms with E-state index in [0.717, 1.165) is 18.0 Å². The van der Waals surface area contributed by atoms with Crippen molar-refractivity contribution in [3.05, 3.63) is 41.9 Å². The van der Waals surface area contributed by atoms with Gasteiger partial charge in [-0.05, 0) is 24.7 Å². The number of benzene rings is 1. The highest BCUT2D eigenvalue weighted by Crippen LogP contribution is 2.32. The first-order valence-corrected chi connectivity index (χ1v) is 9.29. The number of fused-ring (bicyclic) bond motifs is 1. The molecule has 1 saturated heterocycles. The van der Waals surface area contributed by atoms with E-state index >= 15 is 0 Å². The lowest BCUT2D eigenvalue weighted by Crippen LogP contribution is -2.60. The monoisotopic (exact) mass is 423 g/mol. The molecule has 0 aliphatic carbocycles. The van der Waals surface area contributed by atoms with Crippen molar-refractivity contribution in [3.8, 4) is 11.5 Å². The molecule has 1 amide bonds. The number of carbonyl (C=O) groups is 1. The Morgan fingerprint density at radius 1 is 1.23 bits per heavy atom. The van der Waals surface area contributed by atoms with Crippen LogP contribution in [0.5, 0.6) is 11.5 Å². The van der Waals surface area contributed by atoms with Crippen molar-refractivity contribution < 1.29 is 27.4 Å². The van der Waals surface area contributed by atoms with Crippen molar-refractivity contribution in [1.29, 1.82) is 0 Å². The maximum Gasteiger partial charge on any atom is 0.433 e. The number of nitrogens with zero attached hydrogens (tertiary/aromatic N) is 4. The molecule has 0 radical (unpaired) electrons. The molecule has 2 aliphatic rings. The maximum absolute atomic E-state index is 12.8. The number of aromatic nitrogens is 2. The highest BCUT2D eigenvalue weighted by Gasteiger charge is 2.36. The molecule has 1 fully saturated rings. The summed E-state index contributed by atoms with van der Waals surface area (Å²) < 4.78 is 48.9. The van der Waals surface area contributed by atoms with Gasteiger partial charge in [0.05, 0.1) is 6.54 Å². The zero-order valence-corrected chi connectivity index (χ0v) is 16.1. The zero-order valence-electron chi connectivity index (χ0n) is 16.1. The van der Waals surface area contributed by atoms with Crippen molar-refractivity contribution in [1.82, 2.24) is 20.2 Å². The molecular formula is C19H20F3N5O3. The third-order valence-corrected chi connectivity index (χ3v) is 5.07. The Labute approximate surface area is 170 Å². The van der Waals surface area contributed by atoms with Gasteiger partial charge in [0.25, 0.3) is 0 Å². The average molecular weight is 423 g/mol. The van der Waals surface area contributed by atoms with Gasteiger partial charge in [-0.3, -0.25) is 9.69 Å². The Kier molecular flexibility index (Phi) is 5.37. The fourth-order valence-corrected chi connectivity index (χ4v) is 3.26. The predicted molar refractivity (Wildman–Crippen MR) is 100 cm³/mol. The van der Waals surface area contributed by atoms with Gasteiger partial charge in [-0.1, -0.05) is 6.07 Å². The maximum atomic E-state index is 12.8. The molecule has 2 aromatic rings. The molecule has 2 aliphatic heterocycles. The van der Waals surface area contributed by atoms with Crippen molar-refractivity contribution in [2.75, 3.05) is 38.4 Å². The topological polar surface area (TPSA) is 79.8 Å². The second-order valence-electron chi connectivity index (χ2n) is 7.20. The Balaban J connectivity index is 1.23. The number of hydrogen-bond donors (Lipinski definition) is 1. The van der Waals surface area contributed by atoms with Crippen LogP contribution in [0, 0.1) is 0 Å². The van der Waals surface area contributed by atoms with Gasteiger partial charge in [-0.25, -0.2) is 9.97 Å². The molecule has 0 unspecified atom stereocenters. The fourth-order valence-electron chi connectivity index (χ4n) is 3.26. The molecule has 3 heterocycles. The average Bonchev–Trinajstić information content (AvgIpc) is 3.12. The van der Waals surface area contributed by atoms with Crippen LogP contribution in [0.4, 0.5) is 19.0 Å². The van der Waals surface area contributed by atoms with Crippen LogP contribution in [-0.2, 0) is 17.5 Å². The third kappa shape index (κ3) is 4.40. The summed E-state index contributed by atoms with van der Waals surface area (Å²) in [7, 11) is 1.81. The van der Waals surface area contributed by atoms with E-state index in [1.54, 1.807) is 11.0 Å². The summed E-state index contributed by atoms with van der Waals surface area (Å²) >= 11 is 0. The van der Waals surface area contributed by atoms with E-state index in [-0.39, 0.29) is 31.1 Å². The van der Waals surface area contributed by atoms with Gasteiger partial charge >= 0.3 is 6.18 Å². The van der Waals surface area contributed by atoms with Crippen LogP contribution in [0.2, 0.25) is 0 Å². The number of alkyl halides is 3. The van der Waals surface area contributed by atoms with Crippen molar-refractivity contribution in [2.24, 2.45) is 0 Å². The minimum absolute atomic E-state index is 0.0468. The first kappa shape index (κ1) is 20.2. The minimum Gasteiger partial charge on any atom is -0.454 e. The van der Waals surface area contributed by atoms with Crippen LogP contribution in [0.3, 0.4) is 0 Å². The van der Waals surface area contributed by atoms with Gasteiger partial charge in [-0.15, -0.1) is 0 Å². The number of hydrogen-bond acceptors (Lipinski definition) is 7. The van der Waals surface area contributed by atoms with Gasteiger partial charge in [-0.2, -0.15) is 13.2 Å². The second kappa shape index (κ2) is 7.98. The molecular weight excluding hydrogens is 403 g/mol. The molecule has 1 N–H and O–H groups in total. The quantitative estimate of drug-likeness (QED) is 0.757. The predicted octanol–water partition coefficient (Wildman–Crippen LogP) is 1.66.